The van der Waals surface area contributed by atoms with Gasteiger partial charge in [-0.05, 0) is 42.8 Å². The van der Waals surface area contributed by atoms with Gasteiger partial charge in [-0.15, -0.1) is 0 Å². The van der Waals surface area contributed by atoms with Crippen LogP contribution in [0.1, 0.15) is 26.3 Å². The normalized spacial score (nSPS) is 9.23. The van der Waals surface area contributed by atoms with E-state index in [1.54, 1.807) is 0 Å². The summed E-state index contributed by atoms with van der Waals surface area (Å²) < 4.78 is 9.02. The molecule has 0 spiro atoms. The van der Waals surface area contributed by atoms with Crippen molar-refractivity contribution in [3.8, 4) is 0 Å². The van der Waals surface area contributed by atoms with Crippen molar-refractivity contribution in [1.29, 1.82) is 0 Å². The topological polar surface area (TPSA) is 78.6 Å². The van der Waals surface area contributed by atoms with Gasteiger partial charge in [-0.3, -0.25) is 0 Å². The number of rotatable bonds is 2. The molecule has 0 unspecified atom stereocenters. The minimum absolute atomic E-state index is 0.403. The Kier molecular flexibility index (Phi) is 6.63. The number of carbonyl (C=O) groups excluding carboxylic acids is 2. The number of ether oxygens (including phenoxy) is 2. The summed E-state index contributed by atoms with van der Waals surface area (Å²) >= 11 is 0. The van der Waals surface area contributed by atoms with E-state index in [0.717, 1.165) is 11.3 Å². The number of aryl methyl sites for hydroxylation is 1. The van der Waals surface area contributed by atoms with Crippen molar-refractivity contribution in [2.24, 2.45) is 0 Å². The largest absolute Gasteiger partial charge is 0.465 e. The zero-order valence-corrected chi connectivity index (χ0v) is 12.8. The summed E-state index contributed by atoms with van der Waals surface area (Å²) in [7, 11) is 2.60. The predicted octanol–water partition coefficient (Wildman–Crippen LogP) is 2.84. The van der Waals surface area contributed by atoms with E-state index in [0.29, 0.717) is 11.1 Å². The van der Waals surface area contributed by atoms with Crippen LogP contribution in [0.3, 0.4) is 0 Å². The number of benzene rings is 2. The second kappa shape index (κ2) is 8.46. The summed E-state index contributed by atoms with van der Waals surface area (Å²) in [5.74, 6) is -0.858. The summed E-state index contributed by atoms with van der Waals surface area (Å²) in [5.41, 5.74) is 8.34. The minimum atomic E-state index is -0.429. The van der Waals surface area contributed by atoms with Crippen LogP contribution in [0.15, 0.2) is 48.5 Å². The van der Waals surface area contributed by atoms with E-state index in [-0.39, 0.29) is 0 Å². The highest BCUT2D eigenvalue weighted by Gasteiger charge is 2.08. The Morgan fingerprint density at radius 3 is 1.50 bits per heavy atom. The molecule has 2 aromatic rings. The van der Waals surface area contributed by atoms with E-state index in [1.165, 1.54) is 38.5 Å². The molecule has 0 fully saturated rings. The van der Waals surface area contributed by atoms with E-state index in [1.807, 2.05) is 31.2 Å². The zero-order valence-electron chi connectivity index (χ0n) is 12.8. The molecule has 0 aliphatic rings. The van der Waals surface area contributed by atoms with E-state index in [2.05, 4.69) is 9.47 Å². The first-order valence-electron chi connectivity index (χ1n) is 6.57. The van der Waals surface area contributed by atoms with Crippen LogP contribution in [0.25, 0.3) is 0 Å². The number of hydrogen-bond acceptors (Lipinski definition) is 5. The number of nitrogen functional groups attached to an aromatic ring is 1. The molecular weight excluding hydrogens is 282 g/mol. The van der Waals surface area contributed by atoms with Gasteiger partial charge in [0.15, 0.2) is 0 Å². The Morgan fingerprint density at radius 1 is 0.818 bits per heavy atom. The minimum Gasteiger partial charge on any atom is -0.465 e. The molecule has 2 aromatic carbocycles. The fourth-order valence-corrected chi connectivity index (χ4v) is 1.56. The molecule has 22 heavy (non-hydrogen) atoms. The lowest BCUT2D eigenvalue weighted by Gasteiger charge is -2.00. The molecule has 2 rings (SSSR count). The van der Waals surface area contributed by atoms with E-state index < -0.39 is 11.9 Å². The van der Waals surface area contributed by atoms with Crippen LogP contribution in [0.4, 0.5) is 5.69 Å². The Bertz CT molecular complexity index is 579. The average Bonchev–Trinajstić information content (AvgIpc) is 2.57. The van der Waals surface area contributed by atoms with Crippen molar-refractivity contribution in [1.82, 2.24) is 0 Å². The molecule has 0 aromatic heterocycles. The summed E-state index contributed by atoms with van der Waals surface area (Å²) in [6, 6.07) is 13.9. The number of nitrogens with two attached hydrogens (primary N) is 1. The molecule has 0 aliphatic heterocycles. The van der Waals surface area contributed by atoms with Gasteiger partial charge in [0.2, 0.25) is 0 Å². The third-order valence-corrected chi connectivity index (χ3v) is 2.92. The van der Waals surface area contributed by atoms with Crippen molar-refractivity contribution in [2.75, 3.05) is 20.0 Å². The number of esters is 2. The number of hydrogen-bond donors (Lipinski definition) is 1. The zero-order chi connectivity index (χ0) is 16.5. The molecule has 0 bridgehead atoms. The van der Waals surface area contributed by atoms with Crippen LogP contribution in [0, 0.1) is 6.92 Å². The number of anilines is 1. The number of carbonyl (C=O) groups is 2. The van der Waals surface area contributed by atoms with Crippen LogP contribution < -0.4 is 5.73 Å². The Hall–Kier alpha value is -2.82. The molecule has 0 aliphatic carbocycles. The van der Waals surface area contributed by atoms with Gasteiger partial charge >= 0.3 is 11.9 Å². The van der Waals surface area contributed by atoms with Crippen molar-refractivity contribution in [2.45, 2.75) is 6.92 Å². The SMILES string of the molecule is COC(=O)c1ccc(C(=O)OC)cc1.Cc1ccccc1N. The first-order chi connectivity index (χ1) is 10.5. The van der Waals surface area contributed by atoms with E-state index >= 15 is 0 Å². The highest BCUT2D eigenvalue weighted by atomic mass is 16.5. The number of para-hydroxylation sites is 1. The molecule has 116 valence electrons. The van der Waals surface area contributed by atoms with Gasteiger partial charge in [0, 0.05) is 5.69 Å². The maximum absolute atomic E-state index is 11.0. The lowest BCUT2D eigenvalue weighted by Crippen LogP contribution is -2.04. The van der Waals surface area contributed by atoms with Crippen molar-refractivity contribution in [3.05, 3.63) is 65.2 Å². The molecule has 5 nitrogen and oxygen atoms in total. The quantitative estimate of drug-likeness (QED) is 0.681. The van der Waals surface area contributed by atoms with Crippen molar-refractivity contribution < 1.29 is 19.1 Å². The lowest BCUT2D eigenvalue weighted by molar-refractivity contribution is 0.0586. The average molecular weight is 301 g/mol. The smallest absolute Gasteiger partial charge is 0.337 e. The van der Waals surface area contributed by atoms with Gasteiger partial charge in [0.05, 0.1) is 25.3 Å². The molecule has 0 saturated carbocycles. The summed E-state index contributed by atoms with van der Waals surface area (Å²) in [5, 5.41) is 0. The molecular formula is C17H19NO4. The lowest BCUT2D eigenvalue weighted by atomic mass is 10.1. The van der Waals surface area contributed by atoms with Crippen LogP contribution in [0.2, 0.25) is 0 Å². The third kappa shape index (κ3) is 4.94. The van der Waals surface area contributed by atoms with Gasteiger partial charge in [0.25, 0.3) is 0 Å². The van der Waals surface area contributed by atoms with Gasteiger partial charge in [-0.2, -0.15) is 0 Å². The highest BCUT2D eigenvalue weighted by molar-refractivity contribution is 5.93. The predicted molar refractivity (Wildman–Crippen MR) is 84.7 cm³/mol. The maximum atomic E-state index is 11.0. The summed E-state index contributed by atoms with van der Waals surface area (Å²) in [4.78, 5) is 22.1. The summed E-state index contributed by atoms with van der Waals surface area (Å²) in [6.45, 7) is 2.00. The van der Waals surface area contributed by atoms with Crippen LogP contribution in [-0.2, 0) is 9.47 Å². The first-order valence-corrected chi connectivity index (χ1v) is 6.57. The van der Waals surface area contributed by atoms with Crippen LogP contribution in [-0.4, -0.2) is 26.2 Å². The molecule has 0 saturated heterocycles. The molecule has 0 radical (unpaired) electrons. The van der Waals surface area contributed by atoms with Gasteiger partial charge in [-0.1, -0.05) is 18.2 Å². The van der Waals surface area contributed by atoms with E-state index in [4.69, 9.17) is 5.73 Å². The van der Waals surface area contributed by atoms with E-state index in [9.17, 15) is 9.59 Å². The van der Waals surface area contributed by atoms with Crippen LogP contribution in [0.5, 0.6) is 0 Å². The third-order valence-electron chi connectivity index (χ3n) is 2.92. The van der Waals surface area contributed by atoms with Gasteiger partial charge < -0.3 is 15.2 Å². The Morgan fingerprint density at radius 2 is 1.23 bits per heavy atom. The Labute approximate surface area is 129 Å². The van der Waals surface area contributed by atoms with Crippen molar-refractivity contribution in [3.63, 3.8) is 0 Å². The second-order valence-electron chi connectivity index (χ2n) is 4.42. The molecule has 0 atom stereocenters. The first kappa shape index (κ1) is 17.2. The van der Waals surface area contributed by atoms with Crippen molar-refractivity contribution >= 4 is 17.6 Å². The maximum Gasteiger partial charge on any atom is 0.337 e. The molecule has 2 N–H and O–H groups in total. The fourth-order valence-electron chi connectivity index (χ4n) is 1.56. The molecule has 0 amide bonds. The highest BCUT2D eigenvalue weighted by Crippen LogP contribution is 2.07. The second-order valence-corrected chi connectivity index (χ2v) is 4.42. The monoisotopic (exact) mass is 301 g/mol. The van der Waals surface area contributed by atoms with Gasteiger partial charge in [0.1, 0.15) is 0 Å². The standard InChI is InChI=1S/C10H10O4.C7H9N/c1-13-9(11)7-3-5-8(6-4-7)10(12)14-2;1-6-4-2-3-5-7(6)8/h3-6H,1-2H3;2-5H,8H2,1H3. The molecule has 5 heteroatoms. The van der Waals surface area contributed by atoms with Crippen LogP contribution >= 0.6 is 0 Å². The number of methoxy groups -OCH3 is 2. The molecule has 0 heterocycles. The Balaban J connectivity index is 0.000000255. The van der Waals surface area contributed by atoms with Gasteiger partial charge in [-0.25, -0.2) is 9.59 Å². The summed E-state index contributed by atoms with van der Waals surface area (Å²) in [6.07, 6.45) is 0. The fraction of sp³-hybridized carbons (Fsp3) is 0.176.